The van der Waals surface area contributed by atoms with E-state index in [0.29, 0.717) is 19.3 Å². The van der Waals surface area contributed by atoms with Crippen LogP contribution in [0.25, 0.3) is 0 Å². The highest BCUT2D eigenvalue weighted by Gasteiger charge is 2.37. The first-order valence-electron chi connectivity index (χ1n) is 4.51. The molecule has 1 rings (SSSR count). The Bertz CT molecular complexity index is 317. The number of nitrogens with two attached hydrogens (primary N) is 1. The summed E-state index contributed by atoms with van der Waals surface area (Å²) in [5.41, 5.74) is 6.47. The summed E-state index contributed by atoms with van der Waals surface area (Å²) < 4.78 is 0. The van der Waals surface area contributed by atoms with E-state index in [9.17, 15) is 4.79 Å². The monoisotopic (exact) mass is 193 g/mol. The molecule has 0 amide bonds. The van der Waals surface area contributed by atoms with Crippen LogP contribution < -0.4 is 5.73 Å². The average Bonchev–Trinajstić information content (AvgIpc) is 2.10. The van der Waals surface area contributed by atoms with E-state index in [1.54, 1.807) is 6.08 Å². The van der Waals surface area contributed by atoms with Gasteiger partial charge in [0.1, 0.15) is 5.54 Å². The molecule has 1 atom stereocenters. The Morgan fingerprint density at radius 3 is 2.71 bits per heavy atom. The fourth-order valence-corrected chi connectivity index (χ4v) is 1.64. The van der Waals surface area contributed by atoms with Gasteiger partial charge in [-0.2, -0.15) is 0 Å². The first kappa shape index (κ1) is 10.7. The van der Waals surface area contributed by atoms with Crippen molar-refractivity contribution in [3.05, 3.63) is 36.5 Å². The lowest BCUT2D eigenvalue weighted by Crippen LogP contribution is -2.50. The van der Waals surface area contributed by atoms with Crippen LogP contribution in [0.2, 0.25) is 0 Å². The van der Waals surface area contributed by atoms with Crippen LogP contribution >= 0.6 is 0 Å². The summed E-state index contributed by atoms with van der Waals surface area (Å²) in [4.78, 5) is 10.9. The van der Waals surface area contributed by atoms with Gasteiger partial charge in [-0.1, -0.05) is 25.3 Å². The lowest BCUT2D eigenvalue weighted by atomic mass is 9.77. The van der Waals surface area contributed by atoms with Gasteiger partial charge in [0.15, 0.2) is 0 Å². The van der Waals surface area contributed by atoms with Crippen molar-refractivity contribution in [3.63, 3.8) is 0 Å². The number of allylic oxidation sites excluding steroid dienone is 3. The molecule has 0 spiro atoms. The molecule has 0 aliphatic heterocycles. The second-order valence-electron chi connectivity index (χ2n) is 3.67. The number of carboxylic acids is 1. The molecule has 0 heterocycles. The van der Waals surface area contributed by atoms with Gasteiger partial charge in [-0.15, -0.1) is 0 Å². The first-order valence-corrected chi connectivity index (χ1v) is 4.51. The third-order valence-corrected chi connectivity index (χ3v) is 2.57. The van der Waals surface area contributed by atoms with Crippen LogP contribution in [-0.4, -0.2) is 16.6 Å². The van der Waals surface area contributed by atoms with Crippen LogP contribution in [0.4, 0.5) is 0 Å². The predicted octanol–water partition coefficient (Wildman–Crippen LogP) is 1.62. The Morgan fingerprint density at radius 1 is 1.64 bits per heavy atom. The molecule has 1 unspecified atom stereocenters. The van der Waals surface area contributed by atoms with Crippen LogP contribution in [0.15, 0.2) is 36.5 Å². The Morgan fingerprint density at radius 2 is 2.29 bits per heavy atom. The predicted molar refractivity (Wildman–Crippen MR) is 55.8 cm³/mol. The third-order valence-electron chi connectivity index (χ3n) is 2.57. The zero-order chi connectivity index (χ0) is 10.8. The molecule has 0 bridgehead atoms. The Kier molecular flexibility index (Phi) is 2.91. The largest absolute Gasteiger partial charge is 0.480 e. The van der Waals surface area contributed by atoms with Gasteiger partial charge in [0.25, 0.3) is 0 Å². The van der Waals surface area contributed by atoms with Gasteiger partial charge in [-0.25, -0.2) is 0 Å². The lowest BCUT2D eigenvalue weighted by Gasteiger charge is -2.31. The molecule has 0 aromatic rings. The van der Waals surface area contributed by atoms with E-state index in [4.69, 9.17) is 10.8 Å². The molecule has 14 heavy (non-hydrogen) atoms. The van der Waals surface area contributed by atoms with Gasteiger partial charge in [-0.3, -0.25) is 4.79 Å². The minimum absolute atomic E-state index is 0.321. The Balaban J connectivity index is 2.83. The summed E-state index contributed by atoms with van der Waals surface area (Å²) in [6.45, 7) is 7.43. The topological polar surface area (TPSA) is 63.3 Å². The maximum absolute atomic E-state index is 10.9. The molecular weight excluding hydrogens is 178 g/mol. The fraction of sp³-hybridized carbons (Fsp3) is 0.364. The van der Waals surface area contributed by atoms with Crippen LogP contribution in [0.3, 0.4) is 0 Å². The summed E-state index contributed by atoms with van der Waals surface area (Å²) in [5.74, 6) is -0.948. The Hall–Kier alpha value is -1.35. The molecule has 0 radical (unpaired) electrons. The average molecular weight is 193 g/mol. The smallest absolute Gasteiger partial charge is 0.324 e. The zero-order valence-corrected chi connectivity index (χ0v) is 8.12. The quantitative estimate of drug-likeness (QED) is 0.700. The number of rotatable bonds is 2. The Labute approximate surface area is 83.6 Å². The van der Waals surface area contributed by atoms with Crippen molar-refractivity contribution in [2.45, 2.75) is 24.8 Å². The van der Waals surface area contributed by atoms with Crippen molar-refractivity contribution < 1.29 is 9.90 Å². The lowest BCUT2D eigenvalue weighted by molar-refractivity contribution is -0.143. The summed E-state index contributed by atoms with van der Waals surface area (Å²) in [5, 5.41) is 8.93. The van der Waals surface area contributed by atoms with E-state index in [-0.39, 0.29) is 0 Å². The van der Waals surface area contributed by atoms with Crippen molar-refractivity contribution in [3.8, 4) is 0 Å². The molecule has 1 fully saturated rings. The van der Waals surface area contributed by atoms with Crippen molar-refractivity contribution in [2.75, 3.05) is 0 Å². The fourth-order valence-electron chi connectivity index (χ4n) is 1.64. The van der Waals surface area contributed by atoms with Crippen LogP contribution in [0.1, 0.15) is 19.3 Å². The van der Waals surface area contributed by atoms with E-state index >= 15 is 0 Å². The van der Waals surface area contributed by atoms with E-state index in [1.807, 2.05) is 6.08 Å². The van der Waals surface area contributed by atoms with Gasteiger partial charge in [0, 0.05) is 6.42 Å². The summed E-state index contributed by atoms with van der Waals surface area (Å²) in [6, 6.07) is 0. The van der Waals surface area contributed by atoms with Crippen molar-refractivity contribution >= 4 is 5.97 Å². The molecule has 3 N–H and O–H groups in total. The molecule has 3 nitrogen and oxygen atoms in total. The van der Waals surface area contributed by atoms with Crippen LogP contribution in [0, 0.1) is 0 Å². The number of carbonyl (C=O) groups is 1. The number of aliphatic carboxylic acids is 1. The second-order valence-corrected chi connectivity index (χ2v) is 3.67. The van der Waals surface area contributed by atoms with Crippen LogP contribution in [-0.2, 0) is 4.79 Å². The van der Waals surface area contributed by atoms with E-state index < -0.39 is 11.5 Å². The summed E-state index contributed by atoms with van der Waals surface area (Å²) in [7, 11) is 0. The van der Waals surface area contributed by atoms with E-state index in [2.05, 4.69) is 13.2 Å². The van der Waals surface area contributed by atoms with Crippen molar-refractivity contribution in [1.82, 2.24) is 0 Å². The zero-order valence-electron chi connectivity index (χ0n) is 8.12. The highest BCUT2D eigenvalue weighted by molar-refractivity contribution is 5.79. The van der Waals surface area contributed by atoms with Crippen molar-refractivity contribution in [2.24, 2.45) is 5.73 Å². The van der Waals surface area contributed by atoms with Crippen LogP contribution in [0.5, 0.6) is 0 Å². The first-order chi connectivity index (χ1) is 6.49. The van der Waals surface area contributed by atoms with E-state index in [0.717, 1.165) is 11.1 Å². The number of hydrogen-bond donors (Lipinski definition) is 2. The van der Waals surface area contributed by atoms with Gasteiger partial charge in [0.05, 0.1) is 0 Å². The molecule has 0 aromatic heterocycles. The van der Waals surface area contributed by atoms with Gasteiger partial charge >= 0.3 is 5.97 Å². The van der Waals surface area contributed by atoms with E-state index in [1.165, 1.54) is 0 Å². The highest BCUT2D eigenvalue weighted by Crippen LogP contribution is 2.33. The molecule has 1 saturated carbocycles. The molecule has 0 saturated heterocycles. The highest BCUT2D eigenvalue weighted by atomic mass is 16.4. The molecule has 1 aliphatic rings. The molecular formula is C11H15NO2. The molecule has 1 aliphatic carbocycles. The number of hydrogen-bond acceptors (Lipinski definition) is 2. The molecule has 3 heteroatoms. The van der Waals surface area contributed by atoms with Gasteiger partial charge in [-0.05, 0) is 24.0 Å². The maximum Gasteiger partial charge on any atom is 0.324 e. The summed E-state index contributed by atoms with van der Waals surface area (Å²) >= 11 is 0. The van der Waals surface area contributed by atoms with Crippen molar-refractivity contribution in [1.29, 1.82) is 0 Å². The minimum atomic E-state index is -1.13. The normalized spacial score (nSPS) is 30.4. The maximum atomic E-state index is 10.9. The summed E-state index contributed by atoms with van der Waals surface area (Å²) in [6.07, 6.45) is 4.99. The standard InChI is InChI=1S/C11H15NO2/c1-3-4-9-5-6-11(12,10(13)14)7-8(9)2/h3-4H,1-2,5-7,12H2,(H,13,14)/b9-4-. The third kappa shape index (κ3) is 1.93. The second kappa shape index (κ2) is 3.80. The minimum Gasteiger partial charge on any atom is -0.480 e. The molecule has 0 aromatic carbocycles. The van der Waals surface area contributed by atoms with Gasteiger partial charge < -0.3 is 10.8 Å². The molecule has 76 valence electrons. The van der Waals surface area contributed by atoms with Gasteiger partial charge in [0.2, 0.25) is 0 Å². The number of carboxylic acid groups (broad SMARTS) is 1. The SMILES string of the molecule is C=C/C=C1/CCC(N)(C(=O)O)CC1=C.